The number of carbonyl (C=O) groups excluding carboxylic acids is 2. The maximum atomic E-state index is 11.9. The van der Waals surface area contributed by atoms with Gasteiger partial charge in [0.1, 0.15) is 0 Å². The van der Waals surface area contributed by atoms with E-state index in [0.29, 0.717) is 17.8 Å². The summed E-state index contributed by atoms with van der Waals surface area (Å²) in [5.41, 5.74) is 1.13. The molecule has 0 saturated carbocycles. The van der Waals surface area contributed by atoms with Crippen LogP contribution in [0.2, 0.25) is 0 Å². The van der Waals surface area contributed by atoms with E-state index >= 15 is 0 Å². The van der Waals surface area contributed by atoms with E-state index in [0.717, 1.165) is 19.4 Å². The van der Waals surface area contributed by atoms with Gasteiger partial charge in [-0.25, -0.2) is 4.79 Å². The van der Waals surface area contributed by atoms with Gasteiger partial charge in [0.05, 0.1) is 6.10 Å². The molecule has 1 saturated heterocycles. The Hall–Kier alpha value is -2.08. The molecule has 2 rings (SSSR count). The van der Waals surface area contributed by atoms with Crippen molar-refractivity contribution in [2.45, 2.75) is 18.9 Å². The molecule has 0 unspecified atom stereocenters. The lowest BCUT2D eigenvalue weighted by atomic mass is 10.2. The Balaban J connectivity index is 1.88. The van der Waals surface area contributed by atoms with E-state index in [1.165, 1.54) is 4.90 Å². The smallest absolute Gasteiger partial charge is 0.319 e. The van der Waals surface area contributed by atoms with Crippen molar-refractivity contribution >= 4 is 17.6 Å². The summed E-state index contributed by atoms with van der Waals surface area (Å²) in [6.45, 7) is 1.27. The molecule has 0 aromatic heterocycles. The third kappa shape index (κ3) is 4.46. The van der Waals surface area contributed by atoms with Crippen molar-refractivity contribution in [3.05, 3.63) is 29.8 Å². The molecule has 0 radical (unpaired) electrons. The average molecular weight is 291 g/mol. The van der Waals surface area contributed by atoms with Crippen molar-refractivity contribution in [2.24, 2.45) is 0 Å². The highest BCUT2D eigenvalue weighted by atomic mass is 16.5. The number of rotatable bonds is 4. The van der Waals surface area contributed by atoms with Crippen LogP contribution in [0.25, 0.3) is 0 Å². The fraction of sp³-hybridized carbons (Fsp3) is 0.467. The Morgan fingerprint density at radius 2 is 2.19 bits per heavy atom. The van der Waals surface area contributed by atoms with Crippen molar-refractivity contribution in [1.82, 2.24) is 10.2 Å². The molecule has 3 amide bonds. The maximum Gasteiger partial charge on any atom is 0.319 e. The van der Waals surface area contributed by atoms with Gasteiger partial charge >= 0.3 is 6.03 Å². The minimum atomic E-state index is -0.292. The predicted molar refractivity (Wildman–Crippen MR) is 80.5 cm³/mol. The van der Waals surface area contributed by atoms with E-state index in [1.807, 2.05) is 0 Å². The summed E-state index contributed by atoms with van der Waals surface area (Å²) in [5, 5.41) is 5.50. The number of amides is 3. The zero-order valence-corrected chi connectivity index (χ0v) is 12.4. The number of nitrogens with zero attached hydrogens (tertiary/aromatic N) is 1. The highest BCUT2D eigenvalue weighted by Gasteiger charge is 2.16. The summed E-state index contributed by atoms with van der Waals surface area (Å²) in [5.74, 6) is -0.0987. The highest BCUT2D eigenvalue weighted by Crippen LogP contribution is 2.13. The van der Waals surface area contributed by atoms with E-state index in [1.54, 1.807) is 38.4 Å². The summed E-state index contributed by atoms with van der Waals surface area (Å²) in [4.78, 5) is 25.2. The van der Waals surface area contributed by atoms with E-state index in [9.17, 15) is 9.59 Å². The van der Waals surface area contributed by atoms with Gasteiger partial charge < -0.3 is 20.3 Å². The number of hydrogen-bond donors (Lipinski definition) is 2. The Morgan fingerprint density at radius 1 is 1.38 bits per heavy atom. The lowest BCUT2D eigenvalue weighted by molar-refractivity contribution is 0.0827. The van der Waals surface area contributed by atoms with Crippen LogP contribution in [0.5, 0.6) is 0 Å². The first-order valence-corrected chi connectivity index (χ1v) is 7.04. The van der Waals surface area contributed by atoms with Gasteiger partial charge in [-0.05, 0) is 31.0 Å². The van der Waals surface area contributed by atoms with Crippen molar-refractivity contribution in [3.8, 4) is 0 Å². The van der Waals surface area contributed by atoms with Gasteiger partial charge in [0.2, 0.25) is 0 Å². The van der Waals surface area contributed by atoms with E-state index in [-0.39, 0.29) is 18.0 Å². The van der Waals surface area contributed by atoms with Crippen molar-refractivity contribution in [3.63, 3.8) is 0 Å². The third-order valence-corrected chi connectivity index (χ3v) is 3.29. The molecule has 21 heavy (non-hydrogen) atoms. The molecule has 1 aromatic rings. The maximum absolute atomic E-state index is 11.9. The van der Waals surface area contributed by atoms with Gasteiger partial charge in [-0.3, -0.25) is 4.79 Å². The van der Waals surface area contributed by atoms with Crippen LogP contribution in [-0.2, 0) is 4.74 Å². The fourth-order valence-electron chi connectivity index (χ4n) is 2.18. The first-order valence-electron chi connectivity index (χ1n) is 7.04. The first kappa shape index (κ1) is 15.3. The van der Waals surface area contributed by atoms with Crippen LogP contribution in [-0.4, -0.2) is 50.2 Å². The van der Waals surface area contributed by atoms with E-state index in [2.05, 4.69) is 10.6 Å². The summed E-state index contributed by atoms with van der Waals surface area (Å²) >= 11 is 0. The second-order valence-corrected chi connectivity index (χ2v) is 5.25. The molecule has 0 spiro atoms. The molecular weight excluding hydrogens is 270 g/mol. The van der Waals surface area contributed by atoms with Gasteiger partial charge in [0.15, 0.2) is 0 Å². The molecule has 6 nitrogen and oxygen atoms in total. The molecule has 1 aliphatic heterocycles. The summed E-state index contributed by atoms with van der Waals surface area (Å²) in [6.07, 6.45) is 2.13. The summed E-state index contributed by atoms with van der Waals surface area (Å²) in [7, 11) is 3.38. The second-order valence-electron chi connectivity index (χ2n) is 5.25. The zero-order valence-electron chi connectivity index (χ0n) is 12.4. The van der Waals surface area contributed by atoms with Crippen molar-refractivity contribution in [2.75, 3.05) is 32.6 Å². The molecule has 114 valence electrons. The third-order valence-electron chi connectivity index (χ3n) is 3.29. The number of hydrogen-bond acceptors (Lipinski definition) is 3. The number of nitrogens with one attached hydrogen (secondary N) is 2. The molecule has 1 heterocycles. The Kier molecular flexibility index (Phi) is 5.16. The van der Waals surface area contributed by atoms with E-state index in [4.69, 9.17) is 4.74 Å². The molecule has 1 aromatic carbocycles. The van der Waals surface area contributed by atoms with Crippen molar-refractivity contribution < 1.29 is 14.3 Å². The zero-order chi connectivity index (χ0) is 15.2. The summed E-state index contributed by atoms with van der Waals surface area (Å²) in [6, 6.07) is 6.58. The summed E-state index contributed by atoms with van der Waals surface area (Å²) < 4.78 is 5.44. The Bertz CT molecular complexity index is 511. The molecule has 6 heteroatoms. The quantitative estimate of drug-likeness (QED) is 0.887. The monoisotopic (exact) mass is 291 g/mol. The van der Waals surface area contributed by atoms with Crippen molar-refractivity contribution in [1.29, 1.82) is 0 Å². The minimum Gasteiger partial charge on any atom is -0.376 e. The predicted octanol–water partition coefficient (Wildman–Crippen LogP) is 1.69. The van der Waals surface area contributed by atoms with Crippen LogP contribution in [0.15, 0.2) is 24.3 Å². The molecule has 0 aliphatic carbocycles. The molecule has 0 bridgehead atoms. The van der Waals surface area contributed by atoms with Crippen LogP contribution >= 0.6 is 0 Å². The van der Waals surface area contributed by atoms with Crippen LogP contribution in [0.4, 0.5) is 10.5 Å². The lowest BCUT2D eigenvalue weighted by Gasteiger charge is -2.13. The van der Waals surface area contributed by atoms with Gasteiger partial charge in [0, 0.05) is 38.5 Å². The van der Waals surface area contributed by atoms with Crippen LogP contribution in [0, 0.1) is 0 Å². The SMILES string of the molecule is CN(C)C(=O)c1cccc(NC(=O)NC[C@@H]2CCCO2)c1. The first-order chi connectivity index (χ1) is 10.1. The standard InChI is InChI=1S/C15H21N3O3/c1-18(2)14(19)11-5-3-6-12(9-11)17-15(20)16-10-13-7-4-8-21-13/h3,5-6,9,13H,4,7-8,10H2,1-2H3,(H2,16,17,20)/t13-/m0/s1. The Labute approximate surface area is 124 Å². The second kappa shape index (κ2) is 7.08. The lowest BCUT2D eigenvalue weighted by Crippen LogP contribution is -2.35. The number of urea groups is 1. The van der Waals surface area contributed by atoms with Crippen LogP contribution in [0.1, 0.15) is 23.2 Å². The van der Waals surface area contributed by atoms with Gasteiger partial charge in [-0.1, -0.05) is 6.07 Å². The molecule has 2 N–H and O–H groups in total. The van der Waals surface area contributed by atoms with Crippen LogP contribution < -0.4 is 10.6 Å². The average Bonchev–Trinajstić information content (AvgIpc) is 2.98. The van der Waals surface area contributed by atoms with E-state index < -0.39 is 0 Å². The Morgan fingerprint density at radius 3 is 2.86 bits per heavy atom. The highest BCUT2D eigenvalue weighted by molar-refractivity contribution is 5.96. The number of anilines is 1. The molecule has 1 atom stereocenters. The molecule has 1 fully saturated rings. The van der Waals surface area contributed by atoms with Crippen LogP contribution in [0.3, 0.4) is 0 Å². The number of carbonyl (C=O) groups is 2. The van der Waals surface area contributed by atoms with Gasteiger partial charge in [-0.2, -0.15) is 0 Å². The fourth-order valence-corrected chi connectivity index (χ4v) is 2.18. The molecule has 1 aliphatic rings. The number of benzene rings is 1. The normalized spacial score (nSPS) is 17.3. The minimum absolute atomic E-state index is 0.0987. The van der Waals surface area contributed by atoms with Gasteiger partial charge in [-0.15, -0.1) is 0 Å². The molecular formula is C15H21N3O3. The largest absolute Gasteiger partial charge is 0.376 e. The van der Waals surface area contributed by atoms with Gasteiger partial charge in [0.25, 0.3) is 5.91 Å². The topological polar surface area (TPSA) is 70.7 Å². The number of ether oxygens (including phenoxy) is 1.